The van der Waals surface area contributed by atoms with E-state index in [4.69, 9.17) is 17.3 Å². The molecule has 0 saturated heterocycles. The van der Waals surface area contributed by atoms with Crippen LogP contribution in [0.15, 0.2) is 72.8 Å². The number of nitrogens with zero attached hydrogens (tertiary/aromatic N) is 1. The first-order valence-corrected chi connectivity index (χ1v) is 13.7. The highest BCUT2D eigenvalue weighted by molar-refractivity contribution is 6.33. The molecule has 40 heavy (non-hydrogen) atoms. The predicted octanol–water partition coefficient (Wildman–Crippen LogP) is 4.04. The smallest absolute Gasteiger partial charge is 0.247 e. The maximum atomic E-state index is 13.6. The van der Waals surface area contributed by atoms with Crippen molar-refractivity contribution in [1.29, 1.82) is 0 Å². The van der Waals surface area contributed by atoms with Gasteiger partial charge in [0.25, 0.3) is 0 Å². The van der Waals surface area contributed by atoms with E-state index in [9.17, 15) is 19.2 Å². The van der Waals surface area contributed by atoms with Crippen LogP contribution in [0, 0.1) is 6.92 Å². The second-order valence-electron chi connectivity index (χ2n) is 9.91. The number of fused-ring (bicyclic) bond motifs is 1. The molecular formula is C31H33ClN4O4. The van der Waals surface area contributed by atoms with E-state index in [2.05, 4.69) is 10.6 Å². The molecule has 3 amide bonds. The average molecular weight is 561 g/mol. The number of hydrogen-bond acceptors (Lipinski definition) is 5. The minimum Gasteiger partial charge on any atom is -0.342 e. The molecule has 0 spiro atoms. The normalized spacial score (nSPS) is 15.1. The Morgan fingerprint density at radius 3 is 2.40 bits per heavy atom. The molecule has 0 unspecified atom stereocenters. The molecule has 0 aliphatic carbocycles. The predicted molar refractivity (Wildman–Crippen MR) is 155 cm³/mol. The molecule has 0 fully saturated rings. The first-order chi connectivity index (χ1) is 19.3. The number of anilines is 1. The summed E-state index contributed by atoms with van der Waals surface area (Å²) >= 11 is 6.25. The monoisotopic (exact) mass is 560 g/mol. The Hall–Kier alpha value is -4.01. The third-order valence-electron chi connectivity index (χ3n) is 7.00. The number of rotatable bonds is 10. The molecule has 208 valence electrons. The first kappa shape index (κ1) is 29.0. The molecule has 3 aromatic carbocycles. The molecule has 0 aromatic heterocycles. The molecule has 4 rings (SSSR count). The third kappa shape index (κ3) is 7.14. The highest BCUT2D eigenvalue weighted by atomic mass is 35.5. The molecule has 1 aliphatic rings. The van der Waals surface area contributed by atoms with Crippen molar-refractivity contribution in [2.24, 2.45) is 5.73 Å². The van der Waals surface area contributed by atoms with Crippen molar-refractivity contribution in [3.8, 4) is 0 Å². The topological polar surface area (TPSA) is 122 Å². The van der Waals surface area contributed by atoms with Gasteiger partial charge in [0.15, 0.2) is 5.78 Å². The number of ketones is 1. The molecular weight excluding hydrogens is 528 g/mol. The standard InChI is InChI=1S/C31H33ClN4O4/c1-20-11-12-24(32)26(17-20)35-30(39)25(15-16-33)34-31(40)27-18-22-9-5-6-10-23(22)19-36(27)29(38)14-13-28(37)21-7-3-2-4-8-21/h2-12,17,25,27H,13-16,18-19,33H2,1H3,(H,34,40)(H,35,39)/t25-,27-/m0/s1. The number of nitrogens with two attached hydrogens (primary N) is 1. The zero-order valence-corrected chi connectivity index (χ0v) is 23.1. The van der Waals surface area contributed by atoms with Gasteiger partial charge in [-0.1, -0.05) is 72.3 Å². The Bertz CT molecular complexity index is 1400. The SMILES string of the molecule is Cc1ccc(Cl)c(NC(=O)[C@H](CCN)NC(=O)[C@@H]2Cc3ccccc3CN2C(=O)CCC(=O)c2ccccc2)c1. The van der Waals surface area contributed by atoms with Crippen LogP contribution in [-0.2, 0) is 27.3 Å². The van der Waals surface area contributed by atoms with Crippen LogP contribution in [-0.4, -0.2) is 47.0 Å². The zero-order chi connectivity index (χ0) is 28.6. The van der Waals surface area contributed by atoms with Gasteiger partial charge in [-0.2, -0.15) is 0 Å². The molecule has 0 bridgehead atoms. The number of nitrogens with one attached hydrogen (secondary N) is 2. The van der Waals surface area contributed by atoms with Gasteiger partial charge in [0.2, 0.25) is 17.7 Å². The lowest BCUT2D eigenvalue weighted by Gasteiger charge is -2.36. The number of aryl methyl sites for hydroxylation is 1. The van der Waals surface area contributed by atoms with Crippen LogP contribution in [0.25, 0.3) is 0 Å². The van der Waals surface area contributed by atoms with Crippen LogP contribution in [0.1, 0.15) is 46.3 Å². The van der Waals surface area contributed by atoms with Gasteiger partial charge < -0.3 is 21.3 Å². The fourth-order valence-electron chi connectivity index (χ4n) is 4.81. The summed E-state index contributed by atoms with van der Waals surface area (Å²) in [4.78, 5) is 54.3. The second kappa shape index (κ2) is 13.4. The summed E-state index contributed by atoms with van der Waals surface area (Å²) in [6.45, 7) is 2.28. The Labute approximate surface area is 238 Å². The number of amides is 3. The fraction of sp³-hybridized carbons (Fsp3) is 0.290. The van der Waals surface area contributed by atoms with Crippen molar-refractivity contribution in [3.63, 3.8) is 0 Å². The van der Waals surface area contributed by atoms with Crippen molar-refractivity contribution in [2.45, 2.75) is 51.2 Å². The largest absolute Gasteiger partial charge is 0.342 e. The lowest BCUT2D eigenvalue weighted by atomic mass is 9.92. The summed E-state index contributed by atoms with van der Waals surface area (Å²) in [6.07, 6.45) is 0.494. The number of carbonyl (C=O) groups is 4. The van der Waals surface area contributed by atoms with Crippen molar-refractivity contribution in [1.82, 2.24) is 10.2 Å². The van der Waals surface area contributed by atoms with Gasteiger partial charge in [0.1, 0.15) is 12.1 Å². The van der Waals surface area contributed by atoms with Crippen molar-refractivity contribution >= 4 is 40.8 Å². The van der Waals surface area contributed by atoms with E-state index in [-0.39, 0.29) is 44.0 Å². The molecule has 9 heteroatoms. The van der Waals surface area contributed by atoms with Crippen LogP contribution in [0.5, 0.6) is 0 Å². The molecule has 0 saturated carbocycles. The highest BCUT2D eigenvalue weighted by Crippen LogP contribution is 2.26. The van der Waals surface area contributed by atoms with Crippen molar-refractivity contribution in [3.05, 3.63) is 100 Å². The number of hydrogen-bond donors (Lipinski definition) is 3. The Balaban J connectivity index is 1.50. The van der Waals surface area contributed by atoms with Crippen LogP contribution < -0.4 is 16.4 Å². The Morgan fingerprint density at radius 1 is 0.975 bits per heavy atom. The lowest BCUT2D eigenvalue weighted by Crippen LogP contribution is -2.56. The van der Waals surface area contributed by atoms with Crippen LogP contribution in [0.3, 0.4) is 0 Å². The summed E-state index contributed by atoms with van der Waals surface area (Å²) < 4.78 is 0. The first-order valence-electron chi connectivity index (χ1n) is 13.3. The Kier molecular flexibility index (Phi) is 9.69. The van der Waals surface area contributed by atoms with E-state index in [1.165, 1.54) is 4.90 Å². The van der Waals surface area contributed by atoms with Crippen LogP contribution in [0.2, 0.25) is 5.02 Å². The maximum Gasteiger partial charge on any atom is 0.247 e. The molecule has 2 atom stereocenters. The molecule has 1 heterocycles. The van der Waals surface area contributed by atoms with E-state index in [1.807, 2.05) is 43.3 Å². The van der Waals surface area contributed by atoms with Crippen molar-refractivity contribution < 1.29 is 19.2 Å². The molecule has 1 aliphatic heterocycles. The molecule has 8 nitrogen and oxygen atoms in total. The maximum absolute atomic E-state index is 13.6. The van der Waals surface area contributed by atoms with Gasteiger partial charge in [-0.25, -0.2) is 0 Å². The van der Waals surface area contributed by atoms with Gasteiger partial charge >= 0.3 is 0 Å². The summed E-state index contributed by atoms with van der Waals surface area (Å²) in [5.74, 6) is -1.35. The van der Waals surface area contributed by atoms with E-state index < -0.39 is 23.9 Å². The molecule has 3 aromatic rings. The van der Waals surface area contributed by atoms with Crippen LogP contribution in [0.4, 0.5) is 5.69 Å². The van der Waals surface area contributed by atoms with Gasteiger partial charge in [-0.05, 0) is 48.7 Å². The second-order valence-corrected chi connectivity index (χ2v) is 10.3. The minimum absolute atomic E-state index is 0.0295. The zero-order valence-electron chi connectivity index (χ0n) is 22.4. The summed E-state index contributed by atoms with van der Waals surface area (Å²) in [5.41, 5.74) is 9.57. The number of benzene rings is 3. The number of Topliss-reactive ketones (excluding diaryl/α,β-unsaturated/α-hetero) is 1. The van der Waals surface area contributed by atoms with E-state index >= 15 is 0 Å². The van der Waals surface area contributed by atoms with E-state index in [0.29, 0.717) is 22.7 Å². The quantitative estimate of drug-likeness (QED) is 0.323. The lowest BCUT2D eigenvalue weighted by molar-refractivity contribution is -0.142. The van der Waals surface area contributed by atoms with Gasteiger partial charge in [0, 0.05) is 31.4 Å². The average Bonchev–Trinajstić information content (AvgIpc) is 2.97. The van der Waals surface area contributed by atoms with Gasteiger partial charge in [-0.3, -0.25) is 19.2 Å². The molecule has 0 radical (unpaired) electrons. The van der Waals surface area contributed by atoms with Gasteiger partial charge in [0.05, 0.1) is 10.7 Å². The summed E-state index contributed by atoms with van der Waals surface area (Å²) in [7, 11) is 0. The third-order valence-corrected chi connectivity index (χ3v) is 7.33. The fourth-order valence-corrected chi connectivity index (χ4v) is 4.97. The molecule has 4 N–H and O–H groups in total. The number of carbonyl (C=O) groups excluding carboxylic acids is 4. The number of halogens is 1. The van der Waals surface area contributed by atoms with Gasteiger partial charge in [-0.15, -0.1) is 0 Å². The summed E-state index contributed by atoms with van der Waals surface area (Å²) in [5, 5.41) is 5.97. The minimum atomic E-state index is -0.928. The van der Waals surface area contributed by atoms with E-state index in [1.54, 1.807) is 36.4 Å². The van der Waals surface area contributed by atoms with E-state index in [0.717, 1.165) is 16.7 Å². The summed E-state index contributed by atoms with van der Waals surface area (Å²) in [6, 6.07) is 19.9. The highest BCUT2D eigenvalue weighted by Gasteiger charge is 2.36. The van der Waals surface area contributed by atoms with Crippen LogP contribution >= 0.6 is 11.6 Å². The van der Waals surface area contributed by atoms with Crippen molar-refractivity contribution in [2.75, 3.05) is 11.9 Å². The Morgan fingerprint density at radius 2 is 1.68 bits per heavy atom.